The van der Waals surface area contributed by atoms with Crippen molar-refractivity contribution in [2.45, 2.75) is 50.5 Å². The van der Waals surface area contributed by atoms with Crippen LogP contribution in [0.1, 0.15) is 26.2 Å². The number of hydrogen-bond acceptors (Lipinski definition) is 6. The van der Waals surface area contributed by atoms with Gasteiger partial charge in [0, 0.05) is 0 Å². The molecule has 0 bridgehead atoms. The van der Waals surface area contributed by atoms with Crippen molar-refractivity contribution < 1.29 is 25.2 Å². The van der Waals surface area contributed by atoms with Crippen molar-refractivity contribution in [2.75, 3.05) is 13.2 Å². The average molecular weight is 249 g/mol. The molecule has 102 valence electrons. The Hall–Kier alpha value is -0.530. The van der Waals surface area contributed by atoms with Gasteiger partial charge in [-0.05, 0) is 13.0 Å². The zero-order valence-corrected chi connectivity index (χ0v) is 10.1. The largest absolute Gasteiger partial charge is 0.394 e. The fraction of sp³-hybridized carbons (Fsp3) is 0.909. The van der Waals surface area contributed by atoms with Crippen LogP contribution < -0.4 is 5.32 Å². The van der Waals surface area contributed by atoms with Crippen LogP contribution in [0.4, 0.5) is 0 Å². The fourth-order valence-corrected chi connectivity index (χ4v) is 1.52. The van der Waals surface area contributed by atoms with Crippen LogP contribution in [-0.4, -0.2) is 64.2 Å². The van der Waals surface area contributed by atoms with Gasteiger partial charge in [0.15, 0.2) is 0 Å². The van der Waals surface area contributed by atoms with Crippen molar-refractivity contribution in [2.24, 2.45) is 0 Å². The van der Waals surface area contributed by atoms with Crippen LogP contribution in [0, 0.1) is 0 Å². The number of rotatable bonds is 10. The van der Waals surface area contributed by atoms with E-state index in [1.54, 1.807) is 0 Å². The number of carbonyl (C=O) groups is 1. The molecular formula is C11H23NO5. The van der Waals surface area contributed by atoms with Crippen molar-refractivity contribution in [3.05, 3.63) is 0 Å². The third-order valence-electron chi connectivity index (χ3n) is 2.62. The normalized spacial score (nSPS) is 18.4. The molecule has 0 amide bonds. The molecule has 0 aromatic carbocycles. The monoisotopic (exact) mass is 249 g/mol. The van der Waals surface area contributed by atoms with Crippen molar-refractivity contribution in [1.82, 2.24) is 5.32 Å². The van der Waals surface area contributed by atoms with Crippen LogP contribution in [0.3, 0.4) is 0 Å². The molecule has 0 aliphatic rings. The summed E-state index contributed by atoms with van der Waals surface area (Å²) in [6, 6.07) is -0.966. The second-order valence-corrected chi connectivity index (χ2v) is 4.05. The minimum Gasteiger partial charge on any atom is -0.394 e. The number of aliphatic hydroxyl groups excluding tert-OH is 4. The molecule has 0 aromatic heterocycles. The molecule has 0 saturated heterocycles. The Kier molecular flexibility index (Phi) is 9.20. The van der Waals surface area contributed by atoms with Gasteiger partial charge in [0.05, 0.1) is 12.6 Å². The molecule has 0 aliphatic heterocycles. The van der Waals surface area contributed by atoms with Gasteiger partial charge in [0.25, 0.3) is 0 Å². The summed E-state index contributed by atoms with van der Waals surface area (Å²) in [5.41, 5.74) is 0. The second kappa shape index (κ2) is 9.49. The minimum atomic E-state index is -1.41. The second-order valence-electron chi connectivity index (χ2n) is 4.05. The zero-order valence-electron chi connectivity index (χ0n) is 10.1. The number of aliphatic hydroxyl groups is 4. The van der Waals surface area contributed by atoms with Gasteiger partial charge in [-0.15, -0.1) is 0 Å². The number of carbonyl (C=O) groups excluding carboxylic acids is 1. The van der Waals surface area contributed by atoms with E-state index in [-0.39, 0.29) is 0 Å². The van der Waals surface area contributed by atoms with Crippen LogP contribution >= 0.6 is 0 Å². The Morgan fingerprint density at radius 2 is 1.88 bits per heavy atom. The maximum atomic E-state index is 10.5. The number of unbranched alkanes of at least 4 members (excludes halogenated alkanes) is 2. The van der Waals surface area contributed by atoms with E-state index >= 15 is 0 Å². The highest BCUT2D eigenvalue weighted by atomic mass is 16.4. The van der Waals surface area contributed by atoms with Crippen LogP contribution in [-0.2, 0) is 4.79 Å². The third-order valence-corrected chi connectivity index (χ3v) is 2.62. The first kappa shape index (κ1) is 16.5. The first-order chi connectivity index (χ1) is 8.08. The Bertz CT molecular complexity index is 202. The molecule has 0 heterocycles. The summed E-state index contributed by atoms with van der Waals surface area (Å²) in [4.78, 5) is 10.5. The lowest BCUT2D eigenvalue weighted by atomic mass is 10.0. The Labute approximate surface area is 101 Å². The molecular weight excluding hydrogens is 226 g/mol. The van der Waals surface area contributed by atoms with E-state index in [1.165, 1.54) is 0 Å². The Morgan fingerprint density at radius 3 is 2.35 bits per heavy atom. The van der Waals surface area contributed by atoms with Gasteiger partial charge in [0.2, 0.25) is 0 Å². The molecule has 6 heteroatoms. The molecule has 0 spiro atoms. The lowest BCUT2D eigenvalue weighted by Crippen LogP contribution is -2.54. The van der Waals surface area contributed by atoms with Crippen molar-refractivity contribution >= 4 is 6.29 Å². The molecule has 0 fully saturated rings. The van der Waals surface area contributed by atoms with Crippen molar-refractivity contribution in [3.8, 4) is 0 Å². The predicted molar refractivity (Wildman–Crippen MR) is 62.5 cm³/mol. The number of nitrogens with one attached hydrogen (secondary N) is 1. The quantitative estimate of drug-likeness (QED) is 0.236. The molecule has 0 rings (SSSR count). The van der Waals surface area contributed by atoms with E-state index in [9.17, 15) is 20.1 Å². The standard InChI is InChI=1S/C11H23NO5/c1-2-3-4-5-12-10(8(15)6-13)11(17)9(16)7-14/h6,8-12,14-17H,2-5,7H2,1H3/t8-,9+,10-,11+/m0/s1. The first-order valence-electron chi connectivity index (χ1n) is 5.92. The average Bonchev–Trinajstić information content (AvgIpc) is 2.36. The maximum Gasteiger partial charge on any atom is 0.150 e. The van der Waals surface area contributed by atoms with Gasteiger partial charge in [0.1, 0.15) is 24.6 Å². The molecule has 4 atom stereocenters. The summed E-state index contributed by atoms with van der Waals surface area (Å²) in [5.74, 6) is 0. The van der Waals surface area contributed by atoms with E-state index in [4.69, 9.17) is 5.11 Å². The van der Waals surface area contributed by atoms with Crippen molar-refractivity contribution in [1.29, 1.82) is 0 Å². The number of aldehydes is 1. The first-order valence-corrected chi connectivity index (χ1v) is 5.92. The molecule has 5 N–H and O–H groups in total. The van der Waals surface area contributed by atoms with Gasteiger partial charge < -0.3 is 30.5 Å². The maximum absolute atomic E-state index is 10.5. The highest BCUT2D eigenvalue weighted by Gasteiger charge is 2.30. The van der Waals surface area contributed by atoms with E-state index < -0.39 is 31.0 Å². The summed E-state index contributed by atoms with van der Waals surface area (Å²) >= 11 is 0. The van der Waals surface area contributed by atoms with E-state index in [1.807, 2.05) is 6.92 Å². The fourth-order valence-electron chi connectivity index (χ4n) is 1.52. The van der Waals surface area contributed by atoms with Gasteiger partial charge in [-0.1, -0.05) is 19.8 Å². The van der Waals surface area contributed by atoms with Gasteiger partial charge in [-0.25, -0.2) is 0 Å². The summed E-state index contributed by atoms with van der Waals surface area (Å²) in [5, 5.41) is 39.9. The van der Waals surface area contributed by atoms with Crippen LogP contribution in [0.25, 0.3) is 0 Å². The van der Waals surface area contributed by atoms with Crippen LogP contribution in [0.15, 0.2) is 0 Å². The van der Waals surface area contributed by atoms with E-state index in [2.05, 4.69) is 5.32 Å². The highest BCUT2D eigenvalue weighted by Crippen LogP contribution is 2.05. The van der Waals surface area contributed by atoms with E-state index in [0.29, 0.717) is 12.8 Å². The molecule has 0 aliphatic carbocycles. The third kappa shape index (κ3) is 6.09. The molecule has 0 unspecified atom stereocenters. The SMILES string of the molecule is CCCCCN[C@H]([C@H](O)[C@H](O)CO)[C@@H](O)C=O. The molecule has 0 radical (unpaired) electrons. The van der Waals surface area contributed by atoms with Crippen LogP contribution in [0.2, 0.25) is 0 Å². The van der Waals surface area contributed by atoms with Crippen molar-refractivity contribution in [3.63, 3.8) is 0 Å². The topological polar surface area (TPSA) is 110 Å². The zero-order chi connectivity index (χ0) is 13.3. The highest BCUT2D eigenvalue weighted by molar-refractivity contribution is 5.57. The van der Waals surface area contributed by atoms with E-state index in [0.717, 1.165) is 19.3 Å². The van der Waals surface area contributed by atoms with Gasteiger partial charge >= 0.3 is 0 Å². The number of hydrogen-bond donors (Lipinski definition) is 5. The van der Waals surface area contributed by atoms with Gasteiger partial charge in [-0.3, -0.25) is 0 Å². The summed E-state index contributed by atoms with van der Waals surface area (Å²) in [6.45, 7) is 1.95. The Morgan fingerprint density at radius 1 is 1.24 bits per heavy atom. The molecule has 6 nitrogen and oxygen atoms in total. The lowest BCUT2D eigenvalue weighted by Gasteiger charge is -2.28. The summed E-state index contributed by atoms with van der Waals surface area (Å²) < 4.78 is 0. The lowest BCUT2D eigenvalue weighted by molar-refractivity contribution is -0.120. The predicted octanol–water partition coefficient (Wildman–Crippen LogP) is -1.59. The summed E-state index contributed by atoms with van der Waals surface area (Å²) in [7, 11) is 0. The molecule has 0 saturated carbocycles. The minimum absolute atomic E-state index is 0.296. The van der Waals surface area contributed by atoms with Gasteiger partial charge in [-0.2, -0.15) is 0 Å². The van der Waals surface area contributed by atoms with Crippen LogP contribution in [0.5, 0.6) is 0 Å². The summed E-state index contributed by atoms with van der Waals surface area (Å²) in [6.07, 6.45) is -1.01. The molecule has 0 aromatic rings. The smallest absolute Gasteiger partial charge is 0.150 e. The molecule has 17 heavy (non-hydrogen) atoms. The Balaban J connectivity index is 4.27.